The monoisotopic (exact) mass is 186 g/mol. The predicted molar refractivity (Wildman–Crippen MR) is 51.2 cm³/mol. The molecule has 4 heteroatoms. The quantitative estimate of drug-likeness (QED) is 0.622. The summed E-state index contributed by atoms with van der Waals surface area (Å²) in [7, 11) is 0. The number of carbonyl (C=O) groups is 2. The van der Waals surface area contributed by atoms with Crippen molar-refractivity contribution in [3.05, 3.63) is 0 Å². The largest absolute Gasteiger partial charge is 0.370 e. The first-order valence-corrected chi connectivity index (χ1v) is 4.45. The first-order chi connectivity index (χ1) is 5.91. The van der Waals surface area contributed by atoms with E-state index in [2.05, 4.69) is 5.32 Å². The molecule has 0 saturated carbocycles. The first-order valence-electron chi connectivity index (χ1n) is 4.45. The lowest BCUT2D eigenvalue weighted by Gasteiger charge is -2.18. The molecule has 1 amide bonds. The van der Waals surface area contributed by atoms with Crippen LogP contribution in [0.1, 0.15) is 33.6 Å². The molecule has 0 aliphatic carbocycles. The van der Waals surface area contributed by atoms with E-state index in [0.717, 1.165) is 0 Å². The third-order valence-electron chi connectivity index (χ3n) is 1.55. The highest BCUT2D eigenvalue weighted by Crippen LogP contribution is 2.00. The van der Waals surface area contributed by atoms with Crippen molar-refractivity contribution >= 4 is 11.7 Å². The summed E-state index contributed by atoms with van der Waals surface area (Å²) in [4.78, 5) is 21.5. The van der Waals surface area contributed by atoms with Gasteiger partial charge in [-0.3, -0.25) is 9.59 Å². The van der Waals surface area contributed by atoms with Gasteiger partial charge in [-0.1, -0.05) is 13.8 Å². The molecule has 0 spiro atoms. The van der Waals surface area contributed by atoms with Crippen molar-refractivity contribution < 1.29 is 9.59 Å². The topological polar surface area (TPSA) is 72.2 Å². The van der Waals surface area contributed by atoms with Crippen molar-refractivity contribution in [3.8, 4) is 0 Å². The van der Waals surface area contributed by atoms with Crippen LogP contribution in [0.2, 0.25) is 0 Å². The number of Topliss-reactive ketones (excluding diaryl/α,β-unsaturated/α-hetero) is 1. The van der Waals surface area contributed by atoms with Crippen LogP contribution in [0, 0.1) is 0 Å². The molecule has 4 nitrogen and oxygen atoms in total. The van der Waals surface area contributed by atoms with Crippen LogP contribution in [0.25, 0.3) is 0 Å². The van der Waals surface area contributed by atoms with Crippen LogP contribution in [-0.4, -0.2) is 23.8 Å². The van der Waals surface area contributed by atoms with Gasteiger partial charge in [0.1, 0.15) is 5.78 Å². The molecule has 0 saturated heterocycles. The maximum absolute atomic E-state index is 10.8. The minimum absolute atomic E-state index is 0.0689. The highest BCUT2D eigenvalue weighted by atomic mass is 16.1. The summed E-state index contributed by atoms with van der Waals surface area (Å²) in [6, 6.07) is 0.138. The van der Waals surface area contributed by atoms with Gasteiger partial charge in [-0.25, -0.2) is 0 Å². The van der Waals surface area contributed by atoms with E-state index < -0.39 is 0 Å². The van der Waals surface area contributed by atoms with Gasteiger partial charge in [-0.2, -0.15) is 0 Å². The molecule has 0 radical (unpaired) electrons. The lowest BCUT2D eigenvalue weighted by atomic mass is 10.1. The number of rotatable bonds is 6. The van der Waals surface area contributed by atoms with Crippen LogP contribution in [0.5, 0.6) is 0 Å². The van der Waals surface area contributed by atoms with Crippen LogP contribution >= 0.6 is 0 Å². The summed E-state index contributed by atoms with van der Waals surface area (Å²) in [5.41, 5.74) is 5.05. The Labute approximate surface area is 78.9 Å². The van der Waals surface area contributed by atoms with E-state index in [4.69, 9.17) is 5.73 Å². The fraction of sp³-hybridized carbons (Fsp3) is 0.778. The zero-order valence-corrected chi connectivity index (χ0v) is 8.46. The average Bonchev–Trinajstić information content (AvgIpc) is 1.80. The van der Waals surface area contributed by atoms with E-state index in [9.17, 15) is 9.59 Å². The third kappa shape index (κ3) is 7.46. The fourth-order valence-electron chi connectivity index (χ4n) is 1.25. The summed E-state index contributed by atoms with van der Waals surface area (Å²) in [6.45, 7) is 5.44. The molecule has 0 rings (SSSR count). The number of hydrogen-bond acceptors (Lipinski definition) is 3. The fourth-order valence-corrected chi connectivity index (χ4v) is 1.25. The van der Waals surface area contributed by atoms with Crippen molar-refractivity contribution in [3.63, 3.8) is 0 Å². The molecule has 13 heavy (non-hydrogen) atoms. The summed E-state index contributed by atoms with van der Waals surface area (Å²) in [5, 5.41) is 3.12. The highest BCUT2D eigenvalue weighted by molar-refractivity contribution is 5.79. The van der Waals surface area contributed by atoms with Gasteiger partial charge >= 0.3 is 0 Å². The van der Waals surface area contributed by atoms with E-state index in [0.29, 0.717) is 6.42 Å². The highest BCUT2D eigenvalue weighted by Gasteiger charge is 2.14. The first kappa shape index (κ1) is 12.1. The molecular weight excluding hydrogens is 168 g/mol. The SMILES string of the molecule is CC(=O)CC(CC(N)=O)NC(C)C. The molecule has 1 atom stereocenters. The summed E-state index contributed by atoms with van der Waals surface area (Å²) in [5.74, 6) is -0.307. The number of ketones is 1. The van der Waals surface area contributed by atoms with Gasteiger partial charge in [0.05, 0.1) is 0 Å². The Morgan fingerprint density at radius 3 is 2.15 bits per heavy atom. The van der Waals surface area contributed by atoms with Crippen molar-refractivity contribution in [2.24, 2.45) is 5.73 Å². The zero-order chi connectivity index (χ0) is 10.4. The Morgan fingerprint density at radius 2 is 1.85 bits per heavy atom. The van der Waals surface area contributed by atoms with Gasteiger partial charge in [-0.05, 0) is 6.92 Å². The van der Waals surface area contributed by atoms with Crippen LogP contribution in [0.15, 0.2) is 0 Å². The molecule has 0 aromatic rings. The summed E-state index contributed by atoms with van der Waals surface area (Å²) < 4.78 is 0. The number of carbonyl (C=O) groups excluding carboxylic acids is 2. The zero-order valence-electron chi connectivity index (χ0n) is 8.46. The van der Waals surface area contributed by atoms with Gasteiger partial charge in [0, 0.05) is 24.9 Å². The van der Waals surface area contributed by atoms with E-state index in [1.54, 1.807) is 0 Å². The van der Waals surface area contributed by atoms with Crippen LogP contribution < -0.4 is 11.1 Å². The second kappa shape index (κ2) is 5.70. The van der Waals surface area contributed by atoms with Crippen molar-refractivity contribution in [2.45, 2.75) is 45.7 Å². The van der Waals surface area contributed by atoms with Crippen molar-refractivity contribution in [1.29, 1.82) is 0 Å². The van der Waals surface area contributed by atoms with Crippen molar-refractivity contribution in [1.82, 2.24) is 5.32 Å². The molecule has 0 aliphatic heterocycles. The van der Waals surface area contributed by atoms with Gasteiger partial charge < -0.3 is 11.1 Å². The maximum atomic E-state index is 10.8. The summed E-state index contributed by atoms with van der Waals surface area (Å²) >= 11 is 0. The number of hydrogen-bond donors (Lipinski definition) is 2. The molecule has 0 bridgehead atoms. The van der Waals surface area contributed by atoms with Gasteiger partial charge in [-0.15, -0.1) is 0 Å². The third-order valence-corrected chi connectivity index (χ3v) is 1.55. The summed E-state index contributed by atoms with van der Waals surface area (Å²) in [6.07, 6.45) is 0.582. The second-order valence-electron chi connectivity index (χ2n) is 3.59. The Morgan fingerprint density at radius 1 is 1.31 bits per heavy atom. The molecule has 0 fully saturated rings. The number of nitrogens with one attached hydrogen (secondary N) is 1. The van der Waals surface area contributed by atoms with E-state index >= 15 is 0 Å². The van der Waals surface area contributed by atoms with E-state index in [1.165, 1.54) is 6.92 Å². The molecule has 0 aromatic carbocycles. The van der Waals surface area contributed by atoms with E-state index in [-0.39, 0.29) is 30.2 Å². The normalized spacial score (nSPS) is 12.9. The minimum atomic E-state index is -0.376. The predicted octanol–water partition coefficient (Wildman–Crippen LogP) is 0.208. The van der Waals surface area contributed by atoms with E-state index in [1.807, 2.05) is 13.8 Å². The lowest BCUT2D eigenvalue weighted by molar-refractivity contribution is -0.119. The van der Waals surface area contributed by atoms with Crippen LogP contribution in [0.3, 0.4) is 0 Å². The van der Waals surface area contributed by atoms with Crippen LogP contribution in [0.4, 0.5) is 0 Å². The number of nitrogens with two attached hydrogens (primary N) is 1. The Kier molecular flexibility index (Phi) is 5.30. The Balaban J connectivity index is 4.02. The molecule has 76 valence electrons. The minimum Gasteiger partial charge on any atom is -0.370 e. The van der Waals surface area contributed by atoms with Gasteiger partial charge in [0.2, 0.25) is 5.91 Å². The van der Waals surface area contributed by atoms with Gasteiger partial charge in [0.25, 0.3) is 0 Å². The van der Waals surface area contributed by atoms with Crippen molar-refractivity contribution in [2.75, 3.05) is 0 Å². The molecule has 1 unspecified atom stereocenters. The molecule has 3 N–H and O–H groups in total. The molecular formula is C9H18N2O2. The lowest BCUT2D eigenvalue weighted by Crippen LogP contribution is -2.39. The number of amides is 1. The van der Waals surface area contributed by atoms with Gasteiger partial charge in [0.15, 0.2) is 0 Å². The molecule has 0 heterocycles. The Bertz CT molecular complexity index is 174. The number of primary amides is 1. The standard InChI is InChI=1S/C9H18N2O2/c1-6(2)11-8(4-7(3)12)5-9(10)13/h6,8,11H,4-5H2,1-3H3,(H2,10,13). The Hall–Kier alpha value is -0.900. The molecule has 0 aliphatic rings. The second-order valence-corrected chi connectivity index (χ2v) is 3.59. The smallest absolute Gasteiger partial charge is 0.218 e. The average molecular weight is 186 g/mol. The molecule has 0 aromatic heterocycles. The maximum Gasteiger partial charge on any atom is 0.218 e. The van der Waals surface area contributed by atoms with Crippen LogP contribution in [-0.2, 0) is 9.59 Å².